The van der Waals surface area contributed by atoms with Gasteiger partial charge in [-0.3, -0.25) is 4.79 Å². The maximum absolute atomic E-state index is 11.6. The van der Waals surface area contributed by atoms with E-state index in [9.17, 15) is 4.79 Å². The van der Waals surface area contributed by atoms with Crippen LogP contribution < -0.4 is 0 Å². The molecule has 1 fully saturated rings. The van der Waals surface area contributed by atoms with Crippen LogP contribution in [0, 0.1) is 0 Å². The van der Waals surface area contributed by atoms with Crippen LogP contribution >= 0.6 is 23.4 Å². The molecular weight excluding hydrogens is 354 g/mol. The molecule has 0 aliphatic carbocycles. The molecule has 4 nitrogen and oxygen atoms in total. The van der Waals surface area contributed by atoms with Gasteiger partial charge in [-0.1, -0.05) is 35.5 Å². The van der Waals surface area contributed by atoms with Crippen molar-refractivity contribution in [2.24, 2.45) is 4.99 Å². The maximum Gasteiger partial charge on any atom is 0.219 e. The fourth-order valence-electron chi connectivity index (χ4n) is 3.17. The first-order valence-electron chi connectivity index (χ1n) is 8.28. The predicted octanol–water partition coefficient (Wildman–Crippen LogP) is 4.05. The van der Waals surface area contributed by atoms with Crippen molar-refractivity contribution in [3.05, 3.63) is 53.1 Å². The largest absolute Gasteiger partial charge is 0.353 e. The summed E-state index contributed by atoms with van der Waals surface area (Å²) in [5.74, 6) is 1.07. The highest BCUT2D eigenvalue weighted by Crippen LogP contribution is 2.41. The van der Waals surface area contributed by atoms with Crippen molar-refractivity contribution < 1.29 is 4.79 Å². The van der Waals surface area contributed by atoms with Gasteiger partial charge in [0.2, 0.25) is 5.91 Å². The van der Waals surface area contributed by atoms with E-state index in [1.807, 2.05) is 35.2 Å². The Labute approximate surface area is 156 Å². The van der Waals surface area contributed by atoms with Crippen LogP contribution in [0.3, 0.4) is 0 Å². The van der Waals surface area contributed by atoms with E-state index in [0.717, 1.165) is 53.1 Å². The highest BCUT2D eigenvalue weighted by atomic mass is 35.5. The van der Waals surface area contributed by atoms with Gasteiger partial charge >= 0.3 is 0 Å². The highest BCUT2D eigenvalue weighted by Gasteiger charge is 2.26. The van der Waals surface area contributed by atoms with Crippen LogP contribution in [-0.4, -0.2) is 47.7 Å². The molecule has 0 radical (unpaired) electrons. The smallest absolute Gasteiger partial charge is 0.219 e. The van der Waals surface area contributed by atoms with Crippen LogP contribution in [0.25, 0.3) is 0 Å². The molecule has 0 spiro atoms. The molecule has 0 aromatic heterocycles. The summed E-state index contributed by atoms with van der Waals surface area (Å²) in [4.78, 5) is 23.0. The minimum atomic E-state index is 0.131. The molecule has 1 amide bonds. The van der Waals surface area contributed by atoms with E-state index in [1.54, 1.807) is 18.7 Å². The van der Waals surface area contributed by atoms with Crippen molar-refractivity contribution in [1.82, 2.24) is 9.80 Å². The molecule has 0 saturated carbocycles. The van der Waals surface area contributed by atoms with Gasteiger partial charge in [-0.2, -0.15) is 0 Å². The number of hydrogen-bond acceptors (Lipinski definition) is 4. The second-order valence-corrected chi connectivity index (χ2v) is 7.66. The standard InChI is InChI=1S/C19H18ClN3OS/c1-13(24)22-8-10-23(11-9-22)19-15-12-14(20)6-7-17(15)25-18-5-3-2-4-16(18)21-19/h2-7,12H,8-11H2,1H3. The Kier molecular flexibility index (Phi) is 4.44. The molecule has 0 atom stereocenters. The number of piperazine rings is 1. The summed E-state index contributed by atoms with van der Waals surface area (Å²) in [5, 5.41) is 0.709. The number of amides is 1. The number of para-hydroxylation sites is 1. The first-order chi connectivity index (χ1) is 12.1. The summed E-state index contributed by atoms with van der Waals surface area (Å²) in [6.07, 6.45) is 0. The van der Waals surface area contributed by atoms with E-state index in [4.69, 9.17) is 16.6 Å². The zero-order valence-corrected chi connectivity index (χ0v) is 15.5. The average molecular weight is 372 g/mol. The molecule has 6 heteroatoms. The summed E-state index contributed by atoms with van der Waals surface area (Å²) in [5.41, 5.74) is 2.04. The molecule has 0 bridgehead atoms. The zero-order chi connectivity index (χ0) is 17.4. The van der Waals surface area contributed by atoms with Gasteiger partial charge < -0.3 is 9.80 Å². The summed E-state index contributed by atoms with van der Waals surface area (Å²) >= 11 is 8.00. The summed E-state index contributed by atoms with van der Waals surface area (Å²) in [6.45, 7) is 4.62. The van der Waals surface area contributed by atoms with Gasteiger partial charge in [-0.05, 0) is 30.3 Å². The summed E-state index contributed by atoms with van der Waals surface area (Å²) in [6, 6.07) is 14.2. The van der Waals surface area contributed by atoms with Gasteiger partial charge in [-0.15, -0.1) is 0 Å². The molecule has 25 heavy (non-hydrogen) atoms. The third-order valence-electron chi connectivity index (χ3n) is 4.52. The van der Waals surface area contributed by atoms with Gasteiger partial charge in [0.1, 0.15) is 5.84 Å². The van der Waals surface area contributed by atoms with Crippen LogP contribution in [0.15, 0.2) is 57.2 Å². The number of amidine groups is 1. The molecule has 2 aliphatic rings. The first kappa shape index (κ1) is 16.5. The lowest BCUT2D eigenvalue weighted by Gasteiger charge is -2.36. The predicted molar refractivity (Wildman–Crippen MR) is 102 cm³/mol. The van der Waals surface area contributed by atoms with E-state index in [-0.39, 0.29) is 5.91 Å². The molecule has 2 heterocycles. The molecule has 2 aromatic rings. The van der Waals surface area contributed by atoms with E-state index in [1.165, 1.54) is 0 Å². The number of halogens is 1. The fraction of sp³-hybridized carbons (Fsp3) is 0.263. The molecule has 0 unspecified atom stereocenters. The second kappa shape index (κ2) is 6.73. The van der Waals surface area contributed by atoms with Gasteiger partial charge in [0.15, 0.2) is 0 Å². The van der Waals surface area contributed by atoms with E-state index < -0.39 is 0 Å². The third kappa shape index (κ3) is 3.26. The van der Waals surface area contributed by atoms with Crippen molar-refractivity contribution in [1.29, 1.82) is 0 Å². The quantitative estimate of drug-likeness (QED) is 0.701. The Morgan fingerprint density at radius 1 is 1.08 bits per heavy atom. The molecule has 0 N–H and O–H groups in total. The average Bonchev–Trinajstić information content (AvgIpc) is 2.78. The van der Waals surface area contributed by atoms with Crippen LogP contribution in [0.2, 0.25) is 5.02 Å². The number of fused-ring (bicyclic) bond motifs is 2. The number of carbonyl (C=O) groups is 1. The van der Waals surface area contributed by atoms with Gasteiger partial charge in [0.05, 0.1) is 5.69 Å². The number of carbonyl (C=O) groups excluding carboxylic acids is 1. The van der Waals surface area contributed by atoms with E-state index in [2.05, 4.69) is 17.0 Å². The highest BCUT2D eigenvalue weighted by molar-refractivity contribution is 7.99. The van der Waals surface area contributed by atoms with Gasteiger partial charge in [0, 0.05) is 53.5 Å². The molecule has 128 valence electrons. The lowest BCUT2D eigenvalue weighted by molar-refractivity contribution is -0.130. The monoisotopic (exact) mass is 371 g/mol. The second-order valence-electron chi connectivity index (χ2n) is 6.14. The van der Waals surface area contributed by atoms with Gasteiger partial charge in [-0.25, -0.2) is 4.99 Å². The minimum absolute atomic E-state index is 0.131. The lowest BCUT2D eigenvalue weighted by Crippen LogP contribution is -2.50. The number of aliphatic imine (C=N–C) groups is 1. The SMILES string of the molecule is CC(=O)N1CCN(C2=Nc3ccccc3Sc3ccc(Cl)cc32)CC1. The van der Waals surface area contributed by atoms with Crippen LogP contribution in [-0.2, 0) is 4.79 Å². The zero-order valence-electron chi connectivity index (χ0n) is 13.9. The van der Waals surface area contributed by atoms with E-state index >= 15 is 0 Å². The van der Waals surface area contributed by atoms with Gasteiger partial charge in [0.25, 0.3) is 0 Å². The third-order valence-corrected chi connectivity index (χ3v) is 5.89. The van der Waals surface area contributed by atoms with Crippen molar-refractivity contribution >= 4 is 40.8 Å². The first-order valence-corrected chi connectivity index (χ1v) is 9.47. The maximum atomic E-state index is 11.6. The fourth-order valence-corrected chi connectivity index (χ4v) is 4.34. The Bertz CT molecular complexity index is 859. The Morgan fingerprint density at radius 3 is 2.60 bits per heavy atom. The van der Waals surface area contributed by atoms with Crippen LogP contribution in [0.1, 0.15) is 12.5 Å². The van der Waals surface area contributed by atoms with E-state index in [0.29, 0.717) is 5.02 Å². The normalized spacial score (nSPS) is 16.6. The summed E-state index contributed by atoms with van der Waals surface area (Å²) in [7, 11) is 0. The van der Waals surface area contributed by atoms with Crippen LogP contribution in [0.4, 0.5) is 5.69 Å². The number of hydrogen-bond donors (Lipinski definition) is 0. The topological polar surface area (TPSA) is 35.9 Å². The molecular formula is C19H18ClN3OS. The Hall–Kier alpha value is -1.98. The Morgan fingerprint density at radius 2 is 1.84 bits per heavy atom. The summed E-state index contributed by atoms with van der Waals surface area (Å²) < 4.78 is 0. The van der Waals surface area contributed by atoms with Crippen LogP contribution in [0.5, 0.6) is 0 Å². The Balaban J connectivity index is 1.76. The lowest BCUT2D eigenvalue weighted by atomic mass is 10.1. The molecule has 2 aromatic carbocycles. The van der Waals surface area contributed by atoms with Crippen molar-refractivity contribution in [2.75, 3.05) is 26.2 Å². The number of nitrogens with zero attached hydrogens (tertiary/aromatic N) is 3. The number of benzene rings is 2. The molecule has 4 rings (SSSR count). The van der Waals surface area contributed by atoms with Crippen molar-refractivity contribution in [3.63, 3.8) is 0 Å². The molecule has 1 saturated heterocycles. The van der Waals surface area contributed by atoms with Crippen molar-refractivity contribution in [2.45, 2.75) is 16.7 Å². The van der Waals surface area contributed by atoms with Crippen molar-refractivity contribution in [3.8, 4) is 0 Å². The molecule has 2 aliphatic heterocycles. The minimum Gasteiger partial charge on any atom is -0.353 e. The number of rotatable bonds is 0.